The number of nitrogens with one attached hydrogen (secondary N) is 1. The summed E-state index contributed by atoms with van der Waals surface area (Å²) in [5.41, 5.74) is 4.54. The molecule has 0 aliphatic rings. The van der Waals surface area contributed by atoms with Crippen LogP contribution in [0.2, 0.25) is 0 Å². The standard InChI is InChI=1S/C24H25NO5S/c1-6-30-24(27)21-20(19-8-7-14(2)9-15(19)3)13-31-23(21)25-22(26)16-10-17(28-4)12-18(11-16)29-5/h7-13H,6H2,1-5H3,(H,25,26). The van der Waals surface area contributed by atoms with Gasteiger partial charge in [0, 0.05) is 22.6 Å². The molecule has 0 fully saturated rings. The zero-order valence-electron chi connectivity index (χ0n) is 18.2. The number of esters is 1. The van der Waals surface area contributed by atoms with Gasteiger partial charge in [0.15, 0.2) is 0 Å². The van der Waals surface area contributed by atoms with E-state index in [9.17, 15) is 9.59 Å². The SMILES string of the molecule is CCOC(=O)c1c(-c2ccc(C)cc2C)csc1NC(=O)c1cc(OC)cc(OC)c1. The van der Waals surface area contributed by atoms with Gasteiger partial charge in [-0.05, 0) is 44.0 Å². The number of hydrogen-bond acceptors (Lipinski definition) is 6. The van der Waals surface area contributed by atoms with Crippen molar-refractivity contribution in [3.05, 3.63) is 64.0 Å². The van der Waals surface area contributed by atoms with Crippen LogP contribution in [-0.2, 0) is 4.74 Å². The van der Waals surface area contributed by atoms with Gasteiger partial charge in [-0.2, -0.15) is 0 Å². The average Bonchev–Trinajstić information content (AvgIpc) is 3.16. The first-order valence-corrected chi connectivity index (χ1v) is 10.7. The fourth-order valence-corrected chi connectivity index (χ4v) is 4.23. The Morgan fingerprint density at radius 1 is 0.968 bits per heavy atom. The van der Waals surface area contributed by atoms with Gasteiger partial charge in [-0.1, -0.05) is 23.8 Å². The number of aryl methyl sites for hydroxylation is 2. The predicted molar refractivity (Wildman–Crippen MR) is 123 cm³/mol. The second-order valence-electron chi connectivity index (χ2n) is 6.95. The molecule has 6 nitrogen and oxygen atoms in total. The summed E-state index contributed by atoms with van der Waals surface area (Å²) in [5, 5.41) is 5.15. The van der Waals surface area contributed by atoms with E-state index in [-0.39, 0.29) is 12.5 Å². The first-order valence-electron chi connectivity index (χ1n) is 9.78. The molecule has 3 aromatic rings. The molecule has 0 aliphatic heterocycles. The number of ether oxygens (including phenoxy) is 3. The third-order valence-electron chi connectivity index (χ3n) is 4.78. The van der Waals surface area contributed by atoms with E-state index < -0.39 is 5.97 Å². The molecule has 0 unspecified atom stereocenters. The number of rotatable bonds is 7. The summed E-state index contributed by atoms with van der Waals surface area (Å²) >= 11 is 1.29. The van der Waals surface area contributed by atoms with Gasteiger partial charge in [0.1, 0.15) is 22.1 Å². The minimum Gasteiger partial charge on any atom is -0.497 e. The summed E-state index contributed by atoms with van der Waals surface area (Å²) in [6.07, 6.45) is 0. The normalized spacial score (nSPS) is 10.5. The third-order valence-corrected chi connectivity index (χ3v) is 5.68. The Bertz CT molecular complexity index is 1100. The number of thiophene rings is 1. The van der Waals surface area contributed by atoms with Crippen molar-refractivity contribution in [2.75, 3.05) is 26.1 Å². The van der Waals surface area contributed by atoms with E-state index in [1.165, 1.54) is 25.6 Å². The zero-order valence-corrected chi connectivity index (χ0v) is 19.0. The summed E-state index contributed by atoms with van der Waals surface area (Å²) < 4.78 is 15.8. The second kappa shape index (κ2) is 9.66. The highest BCUT2D eigenvalue weighted by Crippen LogP contribution is 2.38. The first kappa shape index (κ1) is 22.4. The van der Waals surface area contributed by atoms with Gasteiger partial charge in [-0.25, -0.2) is 4.79 Å². The molecule has 7 heteroatoms. The second-order valence-corrected chi connectivity index (χ2v) is 7.83. The Morgan fingerprint density at radius 2 is 1.65 bits per heavy atom. The van der Waals surface area contributed by atoms with Crippen LogP contribution in [0, 0.1) is 13.8 Å². The van der Waals surface area contributed by atoms with Crippen molar-refractivity contribution in [1.29, 1.82) is 0 Å². The minimum absolute atomic E-state index is 0.238. The van der Waals surface area contributed by atoms with Gasteiger partial charge in [0.2, 0.25) is 0 Å². The van der Waals surface area contributed by atoms with Crippen molar-refractivity contribution in [2.24, 2.45) is 0 Å². The van der Waals surface area contributed by atoms with E-state index in [1.54, 1.807) is 25.1 Å². The molecule has 0 spiro atoms. The summed E-state index contributed by atoms with van der Waals surface area (Å²) in [7, 11) is 3.04. The highest BCUT2D eigenvalue weighted by atomic mass is 32.1. The molecular weight excluding hydrogens is 414 g/mol. The molecule has 1 N–H and O–H groups in total. The Hall–Kier alpha value is -3.32. The topological polar surface area (TPSA) is 73.9 Å². The maximum absolute atomic E-state index is 13.0. The van der Waals surface area contributed by atoms with Gasteiger partial charge in [0.05, 0.1) is 20.8 Å². The fourth-order valence-electron chi connectivity index (χ4n) is 3.28. The summed E-state index contributed by atoms with van der Waals surface area (Å²) in [6.45, 7) is 6.00. The lowest BCUT2D eigenvalue weighted by Crippen LogP contribution is -2.15. The van der Waals surface area contributed by atoms with Crippen molar-refractivity contribution in [3.63, 3.8) is 0 Å². The van der Waals surface area contributed by atoms with Crippen LogP contribution in [0.5, 0.6) is 11.5 Å². The smallest absolute Gasteiger partial charge is 0.341 e. The van der Waals surface area contributed by atoms with E-state index in [0.29, 0.717) is 27.6 Å². The van der Waals surface area contributed by atoms with E-state index in [1.807, 2.05) is 31.4 Å². The van der Waals surface area contributed by atoms with Crippen LogP contribution in [0.4, 0.5) is 5.00 Å². The van der Waals surface area contributed by atoms with Gasteiger partial charge in [-0.3, -0.25) is 4.79 Å². The molecule has 3 rings (SSSR count). The molecule has 1 aromatic heterocycles. The number of anilines is 1. The number of amides is 1. The molecule has 0 atom stereocenters. The quantitative estimate of drug-likeness (QED) is 0.494. The molecule has 162 valence electrons. The Morgan fingerprint density at radius 3 is 2.23 bits per heavy atom. The maximum atomic E-state index is 13.0. The first-order chi connectivity index (χ1) is 14.9. The van der Waals surface area contributed by atoms with Gasteiger partial charge in [-0.15, -0.1) is 11.3 Å². The predicted octanol–water partition coefficient (Wildman–Crippen LogP) is 5.48. The van der Waals surface area contributed by atoms with E-state index in [4.69, 9.17) is 14.2 Å². The Kier molecular flexibility index (Phi) is 6.97. The monoisotopic (exact) mass is 439 g/mol. The highest BCUT2D eigenvalue weighted by Gasteiger charge is 2.24. The van der Waals surface area contributed by atoms with Crippen LogP contribution >= 0.6 is 11.3 Å². The molecular formula is C24H25NO5S. The van der Waals surface area contributed by atoms with Crippen LogP contribution < -0.4 is 14.8 Å². The van der Waals surface area contributed by atoms with Crippen LogP contribution in [0.1, 0.15) is 38.8 Å². The van der Waals surface area contributed by atoms with E-state index in [0.717, 1.165) is 22.3 Å². The molecule has 0 saturated heterocycles. The number of hydrogen-bond donors (Lipinski definition) is 1. The average molecular weight is 440 g/mol. The molecule has 1 heterocycles. The molecule has 0 saturated carbocycles. The lowest BCUT2D eigenvalue weighted by molar-refractivity contribution is 0.0529. The van der Waals surface area contributed by atoms with Crippen molar-refractivity contribution in [1.82, 2.24) is 0 Å². The van der Waals surface area contributed by atoms with Crippen LogP contribution in [0.3, 0.4) is 0 Å². The largest absolute Gasteiger partial charge is 0.497 e. The van der Waals surface area contributed by atoms with E-state index >= 15 is 0 Å². The minimum atomic E-state index is -0.475. The molecule has 0 aliphatic carbocycles. The van der Waals surface area contributed by atoms with Gasteiger partial charge in [0.25, 0.3) is 5.91 Å². The van der Waals surface area contributed by atoms with Crippen molar-refractivity contribution >= 4 is 28.2 Å². The van der Waals surface area contributed by atoms with Crippen LogP contribution in [0.25, 0.3) is 11.1 Å². The number of carbonyl (C=O) groups is 2. The Labute approximate surface area is 185 Å². The summed E-state index contributed by atoms with van der Waals surface area (Å²) in [5.74, 6) is 0.142. The summed E-state index contributed by atoms with van der Waals surface area (Å²) in [4.78, 5) is 25.8. The number of carbonyl (C=O) groups excluding carboxylic acids is 2. The summed E-state index contributed by atoms with van der Waals surface area (Å²) in [6, 6.07) is 10.9. The third kappa shape index (κ3) is 4.88. The van der Waals surface area contributed by atoms with Crippen molar-refractivity contribution in [2.45, 2.75) is 20.8 Å². The molecule has 0 radical (unpaired) electrons. The molecule has 2 aromatic carbocycles. The highest BCUT2D eigenvalue weighted by molar-refractivity contribution is 7.15. The van der Waals surface area contributed by atoms with Gasteiger partial charge < -0.3 is 19.5 Å². The van der Waals surface area contributed by atoms with Crippen LogP contribution in [0.15, 0.2) is 41.8 Å². The number of benzene rings is 2. The van der Waals surface area contributed by atoms with Crippen molar-refractivity contribution in [3.8, 4) is 22.6 Å². The number of methoxy groups -OCH3 is 2. The maximum Gasteiger partial charge on any atom is 0.341 e. The molecule has 1 amide bonds. The van der Waals surface area contributed by atoms with Crippen LogP contribution in [-0.4, -0.2) is 32.7 Å². The van der Waals surface area contributed by atoms with Gasteiger partial charge >= 0.3 is 5.97 Å². The lowest BCUT2D eigenvalue weighted by Gasteiger charge is -2.12. The zero-order chi connectivity index (χ0) is 22.5. The molecule has 31 heavy (non-hydrogen) atoms. The Balaban J connectivity index is 2.02. The van der Waals surface area contributed by atoms with E-state index in [2.05, 4.69) is 11.4 Å². The lowest BCUT2D eigenvalue weighted by atomic mass is 9.97. The molecule has 0 bridgehead atoms. The fraction of sp³-hybridized carbons (Fsp3) is 0.250. The van der Waals surface area contributed by atoms with Crippen molar-refractivity contribution < 1.29 is 23.8 Å².